The molecule has 0 fully saturated rings. The first-order valence-electron chi connectivity index (χ1n) is 8.33. The molecule has 0 bridgehead atoms. The van der Waals surface area contributed by atoms with Crippen LogP contribution >= 0.6 is 0 Å². The average Bonchev–Trinajstić information content (AvgIpc) is 3.03. The highest BCUT2D eigenvalue weighted by molar-refractivity contribution is 5.76. The first-order chi connectivity index (χ1) is 11.4. The van der Waals surface area contributed by atoms with Crippen molar-refractivity contribution < 1.29 is 4.79 Å². The maximum absolute atomic E-state index is 12.2. The van der Waals surface area contributed by atoms with E-state index >= 15 is 0 Å². The second kappa shape index (κ2) is 7.95. The summed E-state index contributed by atoms with van der Waals surface area (Å²) in [7, 11) is 4.03. The Morgan fingerprint density at radius 3 is 2.46 bits per heavy atom. The third kappa shape index (κ3) is 4.57. The van der Waals surface area contributed by atoms with Crippen molar-refractivity contribution in [2.24, 2.45) is 0 Å². The number of aryl methyl sites for hydroxylation is 1. The van der Waals surface area contributed by atoms with Crippen molar-refractivity contribution in [1.82, 2.24) is 20.1 Å². The number of benzene rings is 1. The lowest BCUT2D eigenvalue weighted by Gasteiger charge is -2.17. The van der Waals surface area contributed by atoms with E-state index in [2.05, 4.69) is 58.5 Å². The molecule has 1 aromatic heterocycles. The van der Waals surface area contributed by atoms with E-state index in [0.717, 1.165) is 23.5 Å². The van der Waals surface area contributed by atoms with Crippen molar-refractivity contribution in [2.45, 2.75) is 45.7 Å². The Labute approximate surface area is 143 Å². The molecule has 1 heterocycles. The average molecular weight is 329 g/mol. The number of nitrogens with one attached hydrogen (secondary N) is 1. The van der Waals surface area contributed by atoms with E-state index in [1.165, 1.54) is 0 Å². The lowest BCUT2D eigenvalue weighted by atomic mass is 10.1. The van der Waals surface area contributed by atoms with E-state index in [0.29, 0.717) is 6.42 Å². The third-order valence-corrected chi connectivity index (χ3v) is 4.02. The van der Waals surface area contributed by atoms with E-state index in [-0.39, 0.29) is 18.0 Å². The maximum Gasteiger partial charge on any atom is 0.220 e. The largest absolute Gasteiger partial charge is 0.378 e. The van der Waals surface area contributed by atoms with Gasteiger partial charge in [0.05, 0.1) is 6.04 Å². The van der Waals surface area contributed by atoms with Gasteiger partial charge in [0, 0.05) is 32.2 Å². The number of anilines is 1. The van der Waals surface area contributed by atoms with Gasteiger partial charge in [0.15, 0.2) is 5.82 Å². The molecule has 0 aliphatic carbocycles. The van der Waals surface area contributed by atoms with Crippen molar-refractivity contribution in [3.05, 3.63) is 42.0 Å². The molecule has 1 N–H and O–H groups in total. The fraction of sp³-hybridized carbons (Fsp3) is 0.500. The first kappa shape index (κ1) is 18.0. The van der Waals surface area contributed by atoms with Gasteiger partial charge in [-0.15, -0.1) is 10.2 Å². The summed E-state index contributed by atoms with van der Waals surface area (Å²) in [6.45, 7) is 6.07. The van der Waals surface area contributed by atoms with E-state index in [4.69, 9.17) is 0 Å². The van der Waals surface area contributed by atoms with Gasteiger partial charge >= 0.3 is 0 Å². The van der Waals surface area contributed by atoms with Crippen molar-refractivity contribution >= 4 is 11.6 Å². The second-order valence-electron chi connectivity index (χ2n) is 6.54. The Morgan fingerprint density at radius 1 is 1.21 bits per heavy atom. The second-order valence-corrected chi connectivity index (χ2v) is 6.54. The molecule has 0 saturated carbocycles. The predicted octanol–water partition coefficient (Wildman–Crippen LogP) is 2.74. The molecule has 24 heavy (non-hydrogen) atoms. The smallest absolute Gasteiger partial charge is 0.220 e. The summed E-state index contributed by atoms with van der Waals surface area (Å²) in [4.78, 5) is 14.3. The summed E-state index contributed by atoms with van der Waals surface area (Å²) < 4.78 is 1.98. The molecule has 0 radical (unpaired) electrons. The van der Waals surface area contributed by atoms with Crippen LogP contribution in [-0.4, -0.2) is 34.8 Å². The van der Waals surface area contributed by atoms with E-state index < -0.39 is 0 Å². The molecule has 2 rings (SSSR count). The molecular formula is C18H27N5O. The molecule has 0 aliphatic heterocycles. The molecule has 130 valence electrons. The molecule has 0 spiro atoms. The zero-order valence-corrected chi connectivity index (χ0v) is 15.2. The van der Waals surface area contributed by atoms with Gasteiger partial charge in [-0.2, -0.15) is 0 Å². The van der Waals surface area contributed by atoms with Gasteiger partial charge in [-0.25, -0.2) is 0 Å². The standard InChI is InChI=1S/C18H27N5O/c1-13(2)23-12-19-21-18(23)14(3)20-17(24)11-8-15-6-9-16(10-7-15)22(4)5/h6-7,9-10,12-14H,8,11H2,1-5H3,(H,20,24)/t14-/m1/s1. The molecule has 0 saturated heterocycles. The van der Waals surface area contributed by atoms with Crippen molar-refractivity contribution in [3.63, 3.8) is 0 Å². The summed E-state index contributed by atoms with van der Waals surface area (Å²) in [5.41, 5.74) is 2.32. The normalized spacial score (nSPS) is 12.2. The summed E-state index contributed by atoms with van der Waals surface area (Å²) in [5.74, 6) is 0.811. The van der Waals surface area contributed by atoms with Crippen LogP contribution in [-0.2, 0) is 11.2 Å². The number of carbonyl (C=O) groups excluding carboxylic acids is 1. The molecule has 1 aromatic carbocycles. The minimum Gasteiger partial charge on any atom is -0.378 e. The van der Waals surface area contributed by atoms with Crippen molar-refractivity contribution in [2.75, 3.05) is 19.0 Å². The van der Waals surface area contributed by atoms with Crippen LogP contribution in [0.2, 0.25) is 0 Å². The first-order valence-corrected chi connectivity index (χ1v) is 8.33. The summed E-state index contributed by atoms with van der Waals surface area (Å²) in [5, 5.41) is 11.1. The van der Waals surface area contributed by atoms with Gasteiger partial charge in [0.2, 0.25) is 5.91 Å². The van der Waals surface area contributed by atoms with Crippen LogP contribution in [0.3, 0.4) is 0 Å². The molecule has 1 amide bonds. The number of nitrogens with zero attached hydrogens (tertiary/aromatic N) is 4. The van der Waals surface area contributed by atoms with Gasteiger partial charge in [0.1, 0.15) is 6.33 Å². The Kier molecular flexibility index (Phi) is 5.95. The van der Waals surface area contributed by atoms with Crippen LogP contribution in [0.15, 0.2) is 30.6 Å². The van der Waals surface area contributed by atoms with Crippen LogP contribution in [0.1, 0.15) is 50.7 Å². The van der Waals surface area contributed by atoms with Crippen LogP contribution in [0.25, 0.3) is 0 Å². The Balaban J connectivity index is 1.87. The zero-order valence-electron chi connectivity index (χ0n) is 15.2. The summed E-state index contributed by atoms with van der Waals surface area (Å²) in [6, 6.07) is 8.40. The Morgan fingerprint density at radius 2 is 1.88 bits per heavy atom. The van der Waals surface area contributed by atoms with E-state index in [9.17, 15) is 4.79 Å². The minimum atomic E-state index is -0.154. The number of hydrogen-bond donors (Lipinski definition) is 1. The van der Waals surface area contributed by atoms with E-state index in [1.807, 2.05) is 25.6 Å². The lowest BCUT2D eigenvalue weighted by Crippen LogP contribution is -2.29. The number of carbonyl (C=O) groups is 1. The van der Waals surface area contributed by atoms with Crippen molar-refractivity contribution in [1.29, 1.82) is 0 Å². The van der Waals surface area contributed by atoms with Gasteiger partial charge in [-0.3, -0.25) is 4.79 Å². The molecule has 6 nitrogen and oxygen atoms in total. The number of rotatable bonds is 7. The maximum atomic E-state index is 12.2. The van der Waals surface area contributed by atoms with Gasteiger partial charge < -0.3 is 14.8 Å². The van der Waals surface area contributed by atoms with Gasteiger partial charge in [-0.05, 0) is 44.9 Å². The minimum absolute atomic E-state index is 0.0255. The SMILES string of the molecule is CC(C)n1cnnc1[C@@H](C)NC(=O)CCc1ccc(N(C)C)cc1. The van der Waals surface area contributed by atoms with Crippen LogP contribution < -0.4 is 10.2 Å². The number of amides is 1. The predicted molar refractivity (Wildman–Crippen MR) is 96.1 cm³/mol. The monoisotopic (exact) mass is 329 g/mol. The Hall–Kier alpha value is -2.37. The Bertz CT molecular complexity index is 660. The quantitative estimate of drug-likeness (QED) is 0.848. The zero-order chi connectivity index (χ0) is 17.7. The highest BCUT2D eigenvalue weighted by Gasteiger charge is 2.16. The fourth-order valence-electron chi connectivity index (χ4n) is 2.56. The van der Waals surface area contributed by atoms with Crippen LogP contribution in [0.4, 0.5) is 5.69 Å². The van der Waals surface area contributed by atoms with E-state index in [1.54, 1.807) is 6.33 Å². The fourth-order valence-corrected chi connectivity index (χ4v) is 2.56. The highest BCUT2D eigenvalue weighted by Crippen LogP contribution is 2.15. The van der Waals surface area contributed by atoms with Crippen LogP contribution in [0, 0.1) is 0 Å². The number of aromatic nitrogens is 3. The van der Waals surface area contributed by atoms with Crippen LogP contribution in [0.5, 0.6) is 0 Å². The molecule has 1 atom stereocenters. The molecule has 6 heteroatoms. The van der Waals surface area contributed by atoms with Crippen molar-refractivity contribution in [3.8, 4) is 0 Å². The third-order valence-electron chi connectivity index (χ3n) is 4.02. The highest BCUT2D eigenvalue weighted by atomic mass is 16.1. The van der Waals surface area contributed by atoms with Gasteiger partial charge in [0.25, 0.3) is 0 Å². The van der Waals surface area contributed by atoms with Gasteiger partial charge in [-0.1, -0.05) is 12.1 Å². The molecule has 0 unspecified atom stereocenters. The molecular weight excluding hydrogens is 302 g/mol. The lowest BCUT2D eigenvalue weighted by molar-refractivity contribution is -0.121. The summed E-state index contributed by atoms with van der Waals surface area (Å²) >= 11 is 0. The summed E-state index contributed by atoms with van der Waals surface area (Å²) in [6.07, 6.45) is 2.89. The molecule has 0 aliphatic rings. The number of hydrogen-bond acceptors (Lipinski definition) is 4. The molecule has 2 aromatic rings. The topological polar surface area (TPSA) is 63.1 Å².